The van der Waals surface area contributed by atoms with Crippen molar-refractivity contribution in [3.05, 3.63) is 35.4 Å². The van der Waals surface area contributed by atoms with Gasteiger partial charge in [0, 0.05) is 18.4 Å². The minimum Gasteiger partial charge on any atom is -0.466 e. The second kappa shape index (κ2) is 8.24. The van der Waals surface area contributed by atoms with Gasteiger partial charge < -0.3 is 9.47 Å². The number of carbonyl (C=O) groups is 2. The lowest BCUT2D eigenvalue weighted by Crippen LogP contribution is -2.08. The van der Waals surface area contributed by atoms with Crippen LogP contribution < -0.4 is 0 Å². The van der Waals surface area contributed by atoms with Crippen LogP contribution in [0.25, 0.3) is 0 Å². The molecule has 0 aliphatic carbocycles. The first-order valence-corrected chi connectivity index (χ1v) is 6.28. The zero-order valence-corrected chi connectivity index (χ0v) is 11.2. The Morgan fingerprint density at radius 2 is 1.75 bits per heavy atom. The van der Waals surface area contributed by atoms with Gasteiger partial charge in [-0.2, -0.15) is 0 Å². The van der Waals surface area contributed by atoms with Crippen LogP contribution in [0.2, 0.25) is 0 Å². The number of carbonyl (C=O) groups excluding carboxylic acids is 2. The van der Waals surface area contributed by atoms with Crippen molar-refractivity contribution >= 4 is 11.9 Å². The van der Waals surface area contributed by atoms with Gasteiger partial charge in [0.15, 0.2) is 0 Å². The Kier molecular flexibility index (Phi) is 6.63. The smallest absolute Gasteiger partial charge is 0.306 e. The first-order valence-electron chi connectivity index (χ1n) is 6.28. The maximum absolute atomic E-state index is 13.2. The molecule has 0 atom stereocenters. The van der Waals surface area contributed by atoms with Crippen LogP contribution in [-0.2, 0) is 25.7 Å². The van der Waals surface area contributed by atoms with Gasteiger partial charge in [-0.05, 0) is 31.5 Å². The predicted octanol–water partition coefficient (Wildman–Crippen LogP) is 2.74. The number of esters is 2. The second-order valence-electron chi connectivity index (χ2n) is 4.05. The summed E-state index contributed by atoms with van der Waals surface area (Å²) in [6.45, 7) is 1.66. The van der Waals surface area contributed by atoms with E-state index in [4.69, 9.17) is 9.47 Å². The van der Waals surface area contributed by atoms with Gasteiger partial charge >= 0.3 is 11.9 Å². The van der Waals surface area contributed by atoms with E-state index in [-0.39, 0.29) is 31.0 Å². The molecular formula is C14H16F2O4. The van der Waals surface area contributed by atoms with E-state index < -0.39 is 17.6 Å². The van der Waals surface area contributed by atoms with E-state index in [2.05, 4.69) is 0 Å². The number of ether oxygens (including phenoxy) is 2. The van der Waals surface area contributed by atoms with E-state index >= 15 is 0 Å². The Labute approximate surface area is 115 Å². The fourth-order valence-corrected chi connectivity index (χ4v) is 1.49. The molecule has 0 radical (unpaired) electrons. The number of hydrogen-bond acceptors (Lipinski definition) is 4. The summed E-state index contributed by atoms with van der Waals surface area (Å²) in [6.07, 6.45) is 0.441. The highest BCUT2D eigenvalue weighted by molar-refractivity contribution is 5.72. The molecular weight excluding hydrogens is 270 g/mol. The van der Waals surface area contributed by atoms with Gasteiger partial charge in [0.25, 0.3) is 0 Å². The molecule has 110 valence electrons. The normalized spacial score (nSPS) is 10.2. The predicted molar refractivity (Wildman–Crippen MR) is 66.6 cm³/mol. The van der Waals surface area contributed by atoms with E-state index in [1.165, 1.54) is 0 Å². The molecule has 0 amide bonds. The van der Waals surface area contributed by atoms with E-state index in [0.717, 1.165) is 18.2 Å². The third-order valence-electron chi connectivity index (χ3n) is 2.46. The highest BCUT2D eigenvalue weighted by atomic mass is 19.1. The average Bonchev–Trinajstić information content (AvgIpc) is 2.40. The molecule has 0 aliphatic heterocycles. The molecule has 20 heavy (non-hydrogen) atoms. The van der Waals surface area contributed by atoms with Gasteiger partial charge in [0.2, 0.25) is 0 Å². The van der Waals surface area contributed by atoms with Crippen LogP contribution in [0, 0.1) is 11.6 Å². The quantitative estimate of drug-likeness (QED) is 0.723. The number of rotatable bonds is 7. The lowest BCUT2D eigenvalue weighted by atomic mass is 10.2. The molecule has 0 heterocycles. The van der Waals surface area contributed by atoms with Crippen LogP contribution in [0.3, 0.4) is 0 Å². The largest absolute Gasteiger partial charge is 0.466 e. The molecule has 0 unspecified atom stereocenters. The van der Waals surface area contributed by atoms with E-state index in [0.29, 0.717) is 13.0 Å². The SMILES string of the molecule is CCOC(=O)CCCC(=O)OCc1cc(F)ccc1F. The molecule has 0 aliphatic rings. The maximum Gasteiger partial charge on any atom is 0.306 e. The summed E-state index contributed by atoms with van der Waals surface area (Å²) in [5, 5.41) is 0. The lowest BCUT2D eigenvalue weighted by Gasteiger charge is -2.06. The molecule has 0 saturated carbocycles. The van der Waals surface area contributed by atoms with E-state index in [9.17, 15) is 18.4 Å². The minimum absolute atomic E-state index is 0.0236. The van der Waals surface area contributed by atoms with Crippen LogP contribution in [0.1, 0.15) is 31.7 Å². The zero-order valence-electron chi connectivity index (χ0n) is 11.2. The van der Waals surface area contributed by atoms with E-state index in [1.807, 2.05) is 0 Å². The highest BCUT2D eigenvalue weighted by Crippen LogP contribution is 2.11. The van der Waals surface area contributed by atoms with Crippen LogP contribution in [0.15, 0.2) is 18.2 Å². The van der Waals surface area contributed by atoms with Gasteiger partial charge in [-0.25, -0.2) is 8.78 Å². The minimum atomic E-state index is -0.634. The van der Waals surface area contributed by atoms with Gasteiger partial charge in [-0.15, -0.1) is 0 Å². The fraction of sp³-hybridized carbons (Fsp3) is 0.429. The summed E-state index contributed by atoms with van der Waals surface area (Å²) >= 11 is 0. The standard InChI is InChI=1S/C14H16F2O4/c1-2-19-13(17)4-3-5-14(18)20-9-10-8-11(15)6-7-12(10)16/h6-8H,2-5,9H2,1H3. The van der Waals surface area contributed by atoms with Gasteiger partial charge in [-0.1, -0.05) is 0 Å². The lowest BCUT2D eigenvalue weighted by molar-refractivity contribution is -0.146. The first kappa shape index (κ1) is 16.1. The van der Waals surface area contributed by atoms with Crippen molar-refractivity contribution in [2.75, 3.05) is 6.61 Å². The van der Waals surface area contributed by atoms with Crippen LogP contribution >= 0.6 is 0 Å². The van der Waals surface area contributed by atoms with Gasteiger partial charge in [0.05, 0.1) is 6.61 Å². The van der Waals surface area contributed by atoms with Crippen molar-refractivity contribution in [1.82, 2.24) is 0 Å². The molecule has 1 rings (SSSR count). The topological polar surface area (TPSA) is 52.6 Å². The summed E-state index contributed by atoms with van der Waals surface area (Å²) in [7, 11) is 0. The Morgan fingerprint density at radius 3 is 2.40 bits per heavy atom. The molecule has 4 nitrogen and oxygen atoms in total. The Hall–Kier alpha value is -1.98. The highest BCUT2D eigenvalue weighted by Gasteiger charge is 2.09. The Bertz CT molecular complexity index is 474. The molecule has 0 N–H and O–H groups in total. The molecule has 0 bridgehead atoms. The summed E-state index contributed by atoms with van der Waals surface area (Å²) in [6, 6.07) is 2.93. The van der Waals surface area contributed by atoms with Crippen LogP contribution in [0.4, 0.5) is 8.78 Å². The molecule has 0 spiro atoms. The van der Waals surface area contributed by atoms with Gasteiger partial charge in [-0.3, -0.25) is 9.59 Å². The van der Waals surface area contributed by atoms with Crippen molar-refractivity contribution in [1.29, 1.82) is 0 Å². The summed E-state index contributed by atoms with van der Waals surface area (Å²) < 4.78 is 35.6. The number of halogens is 2. The van der Waals surface area contributed by atoms with Crippen molar-refractivity contribution < 1.29 is 27.8 Å². The number of benzene rings is 1. The van der Waals surface area contributed by atoms with E-state index in [1.54, 1.807) is 6.92 Å². The molecule has 1 aromatic rings. The second-order valence-corrected chi connectivity index (χ2v) is 4.05. The average molecular weight is 286 g/mol. The molecule has 1 aromatic carbocycles. The Morgan fingerprint density at radius 1 is 1.10 bits per heavy atom. The summed E-state index contributed by atoms with van der Waals surface area (Å²) in [4.78, 5) is 22.4. The molecule has 0 fully saturated rings. The number of hydrogen-bond donors (Lipinski definition) is 0. The van der Waals surface area contributed by atoms with Crippen molar-refractivity contribution in [3.8, 4) is 0 Å². The first-order chi connectivity index (χ1) is 9.52. The Balaban J connectivity index is 2.29. The van der Waals surface area contributed by atoms with Crippen molar-refractivity contribution in [2.24, 2.45) is 0 Å². The molecule has 0 aromatic heterocycles. The summed E-state index contributed by atoms with van der Waals surface area (Å²) in [5.41, 5.74) is -0.0243. The maximum atomic E-state index is 13.2. The van der Waals surface area contributed by atoms with Crippen LogP contribution in [-0.4, -0.2) is 18.5 Å². The zero-order chi connectivity index (χ0) is 15.0. The fourth-order valence-electron chi connectivity index (χ4n) is 1.49. The van der Waals surface area contributed by atoms with Crippen LogP contribution in [0.5, 0.6) is 0 Å². The summed E-state index contributed by atoms with van der Waals surface area (Å²) in [5.74, 6) is -2.18. The molecule has 0 saturated heterocycles. The van der Waals surface area contributed by atoms with Crippen molar-refractivity contribution in [2.45, 2.75) is 32.8 Å². The third-order valence-corrected chi connectivity index (χ3v) is 2.46. The monoisotopic (exact) mass is 286 g/mol. The third kappa shape index (κ3) is 5.77. The van der Waals surface area contributed by atoms with Gasteiger partial charge in [0.1, 0.15) is 18.2 Å². The molecule has 6 heteroatoms. The van der Waals surface area contributed by atoms with Crippen molar-refractivity contribution in [3.63, 3.8) is 0 Å².